The number of nitrogens with one attached hydrogen (secondary N) is 1. The molecule has 1 N–H and O–H groups in total. The maximum Gasteiger partial charge on any atom is 0.0270 e. The zero-order chi connectivity index (χ0) is 13.2. The average Bonchev–Trinajstić information content (AvgIpc) is 3.07. The van der Waals surface area contributed by atoms with Gasteiger partial charge in [-0.15, -0.1) is 0 Å². The fourth-order valence-electron chi connectivity index (χ4n) is 4.54. The first-order valence-electron chi connectivity index (χ1n) is 7.93. The molecule has 2 aliphatic rings. The molecule has 0 saturated heterocycles. The van der Waals surface area contributed by atoms with Crippen molar-refractivity contribution in [2.24, 2.45) is 17.8 Å². The standard InChI is InChI=1S/C17H26N2/c1-3-19-17(12(2)14-6-8-18-9-7-14)16-11-13-4-5-15(16)10-13/h6-9,12-13,15-17,19H,3-5,10-11H2,1-2H3. The van der Waals surface area contributed by atoms with E-state index in [-0.39, 0.29) is 0 Å². The van der Waals surface area contributed by atoms with Gasteiger partial charge in [-0.3, -0.25) is 4.98 Å². The number of rotatable bonds is 5. The molecule has 1 heterocycles. The lowest BCUT2D eigenvalue weighted by Gasteiger charge is -2.35. The van der Waals surface area contributed by atoms with Gasteiger partial charge in [0.1, 0.15) is 0 Å². The number of hydrogen-bond acceptors (Lipinski definition) is 2. The predicted octanol–water partition coefficient (Wildman–Crippen LogP) is 3.60. The summed E-state index contributed by atoms with van der Waals surface area (Å²) in [5.41, 5.74) is 1.43. The van der Waals surface area contributed by atoms with Gasteiger partial charge in [0, 0.05) is 18.4 Å². The highest BCUT2D eigenvalue weighted by atomic mass is 14.9. The second-order valence-corrected chi connectivity index (χ2v) is 6.49. The zero-order valence-electron chi connectivity index (χ0n) is 12.2. The lowest BCUT2D eigenvalue weighted by molar-refractivity contribution is 0.228. The SMILES string of the molecule is CCNC(C(C)c1ccncc1)C1CC2CCC1C2. The molecule has 2 bridgehead atoms. The largest absolute Gasteiger partial charge is 0.313 e. The van der Waals surface area contributed by atoms with Crippen LogP contribution in [-0.2, 0) is 0 Å². The molecule has 2 heteroatoms. The molecule has 3 rings (SSSR count). The third kappa shape index (κ3) is 2.55. The molecule has 5 unspecified atom stereocenters. The molecule has 0 spiro atoms. The summed E-state index contributed by atoms with van der Waals surface area (Å²) in [5.74, 6) is 3.49. The lowest BCUT2D eigenvalue weighted by Crippen LogP contribution is -2.42. The van der Waals surface area contributed by atoms with Gasteiger partial charge in [0.15, 0.2) is 0 Å². The van der Waals surface area contributed by atoms with Crippen LogP contribution in [0.25, 0.3) is 0 Å². The molecule has 2 aliphatic carbocycles. The number of aromatic nitrogens is 1. The van der Waals surface area contributed by atoms with Crippen molar-refractivity contribution in [2.45, 2.75) is 51.5 Å². The van der Waals surface area contributed by atoms with Gasteiger partial charge in [0.2, 0.25) is 0 Å². The summed E-state index contributed by atoms with van der Waals surface area (Å²) in [6, 6.07) is 5.01. The summed E-state index contributed by atoms with van der Waals surface area (Å²) >= 11 is 0. The second kappa shape index (κ2) is 5.62. The van der Waals surface area contributed by atoms with Gasteiger partial charge in [-0.1, -0.05) is 20.3 Å². The van der Waals surface area contributed by atoms with Crippen molar-refractivity contribution in [1.29, 1.82) is 0 Å². The molecule has 2 fully saturated rings. The van der Waals surface area contributed by atoms with Crippen LogP contribution >= 0.6 is 0 Å². The molecule has 0 aromatic carbocycles. The molecule has 104 valence electrons. The summed E-state index contributed by atoms with van der Waals surface area (Å²) in [6.07, 6.45) is 9.77. The molecule has 5 atom stereocenters. The van der Waals surface area contributed by atoms with E-state index in [9.17, 15) is 0 Å². The van der Waals surface area contributed by atoms with E-state index >= 15 is 0 Å². The topological polar surface area (TPSA) is 24.9 Å². The zero-order valence-corrected chi connectivity index (χ0v) is 12.2. The number of pyridine rings is 1. The minimum absolute atomic E-state index is 0.590. The first-order chi connectivity index (χ1) is 9.29. The van der Waals surface area contributed by atoms with Crippen LogP contribution < -0.4 is 5.32 Å². The molecule has 1 aromatic rings. The molecule has 0 radical (unpaired) electrons. The van der Waals surface area contributed by atoms with Gasteiger partial charge in [0.05, 0.1) is 0 Å². The van der Waals surface area contributed by atoms with Gasteiger partial charge in [-0.2, -0.15) is 0 Å². The van der Waals surface area contributed by atoms with Crippen molar-refractivity contribution in [2.75, 3.05) is 6.54 Å². The smallest absolute Gasteiger partial charge is 0.0270 e. The van der Waals surface area contributed by atoms with Crippen molar-refractivity contribution in [1.82, 2.24) is 10.3 Å². The molecule has 1 aromatic heterocycles. The Labute approximate surface area is 117 Å². The highest BCUT2D eigenvalue weighted by Crippen LogP contribution is 2.51. The Bertz CT molecular complexity index is 403. The van der Waals surface area contributed by atoms with Crippen molar-refractivity contribution >= 4 is 0 Å². The van der Waals surface area contributed by atoms with Crippen LogP contribution in [-0.4, -0.2) is 17.6 Å². The monoisotopic (exact) mass is 258 g/mol. The van der Waals surface area contributed by atoms with Crippen LogP contribution in [0.4, 0.5) is 0 Å². The minimum Gasteiger partial charge on any atom is -0.313 e. The molecule has 2 nitrogen and oxygen atoms in total. The van der Waals surface area contributed by atoms with Crippen LogP contribution in [0.5, 0.6) is 0 Å². The van der Waals surface area contributed by atoms with Crippen LogP contribution in [0.15, 0.2) is 24.5 Å². The van der Waals surface area contributed by atoms with E-state index in [1.54, 1.807) is 0 Å². The highest BCUT2D eigenvalue weighted by molar-refractivity contribution is 5.18. The Morgan fingerprint density at radius 3 is 2.63 bits per heavy atom. The summed E-state index contributed by atoms with van der Waals surface area (Å²) < 4.78 is 0. The Kier molecular flexibility index (Phi) is 3.88. The summed E-state index contributed by atoms with van der Waals surface area (Å²) in [7, 11) is 0. The van der Waals surface area contributed by atoms with Crippen molar-refractivity contribution in [3.8, 4) is 0 Å². The van der Waals surface area contributed by atoms with Crippen LogP contribution in [0.1, 0.15) is 51.0 Å². The summed E-state index contributed by atoms with van der Waals surface area (Å²) in [6.45, 7) is 5.70. The second-order valence-electron chi connectivity index (χ2n) is 6.49. The lowest BCUT2D eigenvalue weighted by atomic mass is 9.76. The van der Waals surface area contributed by atoms with E-state index in [4.69, 9.17) is 0 Å². The fraction of sp³-hybridized carbons (Fsp3) is 0.706. The van der Waals surface area contributed by atoms with Crippen molar-refractivity contribution in [3.05, 3.63) is 30.1 Å². The van der Waals surface area contributed by atoms with Gasteiger partial charge >= 0.3 is 0 Å². The van der Waals surface area contributed by atoms with E-state index in [0.29, 0.717) is 12.0 Å². The Balaban J connectivity index is 1.77. The van der Waals surface area contributed by atoms with Gasteiger partial charge in [-0.25, -0.2) is 0 Å². The Morgan fingerprint density at radius 1 is 1.26 bits per heavy atom. The third-order valence-electron chi connectivity index (χ3n) is 5.46. The number of fused-ring (bicyclic) bond motifs is 2. The van der Waals surface area contributed by atoms with Crippen molar-refractivity contribution < 1.29 is 0 Å². The molecular formula is C17H26N2. The number of nitrogens with zero attached hydrogens (tertiary/aromatic N) is 1. The summed E-state index contributed by atoms with van der Waals surface area (Å²) in [4.78, 5) is 4.15. The third-order valence-corrected chi connectivity index (χ3v) is 5.46. The molecule has 0 aliphatic heterocycles. The number of hydrogen-bond donors (Lipinski definition) is 1. The van der Waals surface area contributed by atoms with Crippen LogP contribution in [0.3, 0.4) is 0 Å². The first kappa shape index (κ1) is 13.1. The molecule has 2 saturated carbocycles. The quantitative estimate of drug-likeness (QED) is 0.873. The summed E-state index contributed by atoms with van der Waals surface area (Å²) in [5, 5.41) is 3.79. The van der Waals surface area contributed by atoms with Crippen molar-refractivity contribution in [3.63, 3.8) is 0 Å². The van der Waals surface area contributed by atoms with Gasteiger partial charge in [-0.05, 0) is 67.2 Å². The maximum atomic E-state index is 4.15. The Hall–Kier alpha value is -0.890. The van der Waals surface area contributed by atoms with Crippen LogP contribution in [0, 0.1) is 17.8 Å². The highest BCUT2D eigenvalue weighted by Gasteiger charge is 2.44. The van der Waals surface area contributed by atoms with Gasteiger partial charge in [0.25, 0.3) is 0 Å². The van der Waals surface area contributed by atoms with Crippen LogP contribution in [0.2, 0.25) is 0 Å². The van der Waals surface area contributed by atoms with E-state index in [2.05, 4.69) is 36.3 Å². The fourth-order valence-corrected chi connectivity index (χ4v) is 4.54. The van der Waals surface area contributed by atoms with E-state index in [0.717, 1.165) is 24.3 Å². The first-order valence-corrected chi connectivity index (χ1v) is 7.93. The van der Waals surface area contributed by atoms with Gasteiger partial charge < -0.3 is 5.32 Å². The van der Waals surface area contributed by atoms with E-state index < -0.39 is 0 Å². The maximum absolute atomic E-state index is 4.15. The van der Waals surface area contributed by atoms with E-state index in [1.807, 2.05) is 12.4 Å². The normalized spacial score (nSPS) is 32.4. The predicted molar refractivity (Wildman–Crippen MR) is 79.1 cm³/mol. The Morgan fingerprint density at radius 2 is 2.05 bits per heavy atom. The molecular weight excluding hydrogens is 232 g/mol. The minimum atomic E-state index is 0.590. The molecule has 0 amide bonds. The number of likely N-dealkylation sites (N-methyl/N-ethyl adjacent to an activating group) is 1. The average molecular weight is 258 g/mol. The van der Waals surface area contributed by atoms with E-state index in [1.165, 1.54) is 31.2 Å². The molecule has 19 heavy (non-hydrogen) atoms.